The summed E-state index contributed by atoms with van der Waals surface area (Å²) in [6.07, 6.45) is 0. The van der Waals surface area contributed by atoms with Gasteiger partial charge in [-0.05, 0) is 23.3 Å². The second-order valence-corrected chi connectivity index (χ2v) is 5.30. The van der Waals surface area contributed by atoms with Crippen LogP contribution >= 0.6 is 12.4 Å². The van der Waals surface area contributed by atoms with Crippen molar-refractivity contribution in [2.45, 2.75) is 6.54 Å². The summed E-state index contributed by atoms with van der Waals surface area (Å²) in [5.74, 6) is -0.424. The van der Waals surface area contributed by atoms with Gasteiger partial charge in [-0.2, -0.15) is 0 Å². The summed E-state index contributed by atoms with van der Waals surface area (Å²) >= 11 is 0. The number of rotatable bonds is 5. The highest BCUT2D eigenvalue weighted by molar-refractivity contribution is 6.03. The van der Waals surface area contributed by atoms with Crippen molar-refractivity contribution in [1.82, 2.24) is 0 Å². The van der Waals surface area contributed by atoms with Gasteiger partial charge in [0.2, 0.25) is 5.91 Å². The van der Waals surface area contributed by atoms with E-state index >= 15 is 0 Å². The highest BCUT2D eigenvalue weighted by atomic mass is 35.5. The molecule has 3 aromatic carbocycles. The van der Waals surface area contributed by atoms with Gasteiger partial charge in [0.05, 0.1) is 0 Å². The molecule has 24 heavy (non-hydrogen) atoms. The van der Waals surface area contributed by atoms with E-state index in [4.69, 9.17) is 5.73 Å². The molecule has 0 bridgehead atoms. The Morgan fingerprint density at radius 2 is 1.46 bits per heavy atom. The van der Waals surface area contributed by atoms with Crippen LogP contribution in [0.5, 0.6) is 0 Å². The van der Waals surface area contributed by atoms with Gasteiger partial charge < -0.3 is 11.1 Å². The highest BCUT2D eigenvalue weighted by Gasteiger charge is 2.14. The molecule has 0 fully saturated rings. The van der Waals surface area contributed by atoms with Crippen LogP contribution < -0.4 is 11.1 Å². The van der Waals surface area contributed by atoms with Crippen LogP contribution in [0.25, 0.3) is 11.1 Å². The molecule has 3 rings (SSSR count). The average Bonchev–Trinajstić information content (AvgIpc) is 2.61. The van der Waals surface area contributed by atoms with Crippen molar-refractivity contribution in [2.75, 3.05) is 5.32 Å². The predicted octanol–water partition coefficient (Wildman–Crippen LogP) is 4.49. The standard InChI is InChI=1S/C20H18N2O.ClH/c21-20(23)17-12-7-13-18(19(17)16-10-5-2-6-11-16)22-14-15-8-3-1-4-9-15;/h1-13,22H,14H2,(H2,21,23);1H. The van der Waals surface area contributed by atoms with E-state index < -0.39 is 5.91 Å². The fourth-order valence-electron chi connectivity index (χ4n) is 2.61. The third-order valence-electron chi connectivity index (χ3n) is 3.72. The molecule has 0 saturated heterocycles. The maximum Gasteiger partial charge on any atom is 0.249 e. The van der Waals surface area contributed by atoms with Gasteiger partial charge in [-0.1, -0.05) is 66.7 Å². The number of halogens is 1. The second kappa shape index (κ2) is 8.18. The normalized spacial score (nSPS) is 9.83. The van der Waals surface area contributed by atoms with E-state index in [0.717, 1.165) is 16.8 Å². The van der Waals surface area contributed by atoms with Gasteiger partial charge in [0.1, 0.15) is 0 Å². The summed E-state index contributed by atoms with van der Waals surface area (Å²) in [4.78, 5) is 11.8. The Kier molecular flexibility index (Phi) is 5.99. The summed E-state index contributed by atoms with van der Waals surface area (Å²) in [5, 5.41) is 3.42. The molecule has 0 radical (unpaired) electrons. The average molecular weight is 339 g/mol. The Balaban J connectivity index is 0.00000208. The molecule has 0 aromatic heterocycles. The van der Waals surface area contributed by atoms with Crippen LogP contribution in [0.3, 0.4) is 0 Å². The fraction of sp³-hybridized carbons (Fsp3) is 0.0500. The number of nitrogens with two attached hydrogens (primary N) is 1. The lowest BCUT2D eigenvalue weighted by atomic mass is 9.97. The first-order valence-corrected chi connectivity index (χ1v) is 7.52. The van der Waals surface area contributed by atoms with E-state index in [-0.39, 0.29) is 12.4 Å². The molecule has 3 nitrogen and oxygen atoms in total. The zero-order valence-electron chi connectivity index (χ0n) is 13.1. The summed E-state index contributed by atoms with van der Waals surface area (Å²) in [7, 11) is 0. The molecular weight excluding hydrogens is 320 g/mol. The third kappa shape index (κ3) is 3.94. The minimum Gasteiger partial charge on any atom is -0.380 e. The maximum atomic E-state index is 11.8. The summed E-state index contributed by atoms with van der Waals surface area (Å²) in [6.45, 7) is 0.683. The maximum absolute atomic E-state index is 11.8. The van der Waals surface area contributed by atoms with Crippen molar-refractivity contribution in [3.8, 4) is 11.1 Å². The van der Waals surface area contributed by atoms with Crippen LogP contribution in [0.1, 0.15) is 15.9 Å². The number of hydrogen-bond donors (Lipinski definition) is 2. The van der Waals surface area contributed by atoms with Crippen molar-refractivity contribution in [3.05, 3.63) is 90.0 Å². The van der Waals surface area contributed by atoms with E-state index in [0.29, 0.717) is 12.1 Å². The van der Waals surface area contributed by atoms with Gasteiger partial charge in [0, 0.05) is 23.4 Å². The van der Waals surface area contributed by atoms with Crippen LogP contribution in [-0.4, -0.2) is 5.91 Å². The molecule has 0 aliphatic carbocycles. The summed E-state index contributed by atoms with van der Waals surface area (Å²) in [6, 6.07) is 25.5. The summed E-state index contributed by atoms with van der Waals surface area (Å²) < 4.78 is 0. The zero-order valence-corrected chi connectivity index (χ0v) is 13.9. The molecule has 3 aromatic rings. The Morgan fingerprint density at radius 3 is 2.08 bits per heavy atom. The van der Waals surface area contributed by atoms with Crippen LogP contribution in [0, 0.1) is 0 Å². The van der Waals surface area contributed by atoms with Gasteiger partial charge in [-0.25, -0.2) is 0 Å². The van der Waals surface area contributed by atoms with Crippen molar-refractivity contribution in [3.63, 3.8) is 0 Å². The highest BCUT2D eigenvalue weighted by Crippen LogP contribution is 2.31. The minimum atomic E-state index is -0.424. The smallest absolute Gasteiger partial charge is 0.249 e. The number of hydrogen-bond acceptors (Lipinski definition) is 2. The van der Waals surface area contributed by atoms with Gasteiger partial charge in [0.25, 0.3) is 0 Å². The van der Waals surface area contributed by atoms with Crippen molar-refractivity contribution in [2.24, 2.45) is 5.73 Å². The van der Waals surface area contributed by atoms with E-state index in [2.05, 4.69) is 17.4 Å². The number of nitrogens with one attached hydrogen (secondary N) is 1. The lowest BCUT2D eigenvalue weighted by Gasteiger charge is -2.15. The van der Waals surface area contributed by atoms with Crippen LogP contribution in [-0.2, 0) is 6.54 Å². The molecule has 122 valence electrons. The molecule has 0 aliphatic heterocycles. The zero-order chi connectivity index (χ0) is 16.1. The minimum absolute atomic E-state index is 0. The van der Waals surface area contributed by atoms with Gasteiger partial charge in [-0.3, -0.25) is 4.79 Å². The lowest BCUT2D eigenvalue weighted by molar-refractivity contribution is 0.100. The van der Waals surface area contributed by atoms with Crippen LogP contribution in [0.4, 0.5) is 5.69 Å². The quantitative estimate of drug-likeness (QED) is 0.720. The van der Waals surface area contributed by atoms with Crippen LogP contribution in [0.15, 0.2) is 78.9 Å². The molecule has 1 amide bonds. The monoisotopic (exact) mass is 338 g/mol. The predicted molar refractivity (Wildman–Crippen MR) is 101 cm³/mol. The number of carbonyl (C=O) groups excluding carboxylic acids is 1. The van der Waals surface area contributed by atoms with Crippen molar-refractivity contribution in [1.29, 1.82) is 0 Å². The molecule has 0 saturated carbocycles. The molecule has 0 heterocycles. The Bertz CT molecular complexity index is 804. The summed E-state index contributed by atoms with van der Waals surface area (Å²) in [5.41, 5.74) is 9.97. The lowest BCUT2D eigenvalue weighted by Crippen LogP contribution is -2.13. The number of carbonyl (C=O) groups is 1. The topological polar surface area (TPSA) is 55.1 Å². The van der Waals surface area contributed by atoms with E-state index in [1.807, 2.05) is 60.7 Å². The van der Waals surface area contributed by atoms with Crippen molar-refractivity contribution < 1.29 is 4.79 Å². The third-order valence-corrected chi connectivity index (χ3v) is 3.72. The molecule has 0 spiro atoms. The number of benzene rings is 3. The first-order chi connectivity index (χ1) is 11.3. The molecular formula is C20H19ClN2O. The Labute approximate surface area is 147 Å². The number of amides is 1. The van der Waals surface area contributed by atoms with E-state index in [1.54, 1.807) is 6.07 Å². The Morgan fingerprint density at radius 1 is 0.833 bits per heavy atom. The van der Waals surface area contributed by atoms with E-state index in [9.17, 15) is 4.79 Å². The first-order valence-electron chi connectivity index (χ1n) is 7.52. The number of primary amides is 1. The number of anilines is 1. The molecule has 0 unspecified atom stereocenters. The largest absolute Gasteiger partial charge is 0.380 e. The van der Waals surface area contributed by atoms with Gasteiger partial charge >= 0.3 is 0 Å². The molecule has 3 N–H and O–H groups in total. The van der Waals surface area contributed by atoms with Crippen LogP contribution in [0.2, 0.25) is 0 Å². The second-order valence-electron chi connectivity index (χ2n) is 5.30. The molecule has 0 aliphatic rings. The van der Waals surface area contributed by atoms with Gasteiger partial charge in [0.15, 0.2) is 0 Å². The Hall–Kier alpha value is -2.78. The fourth-order valence-corrected chi connectivity index (χ4v) is 2.61. The van der Waals surface area contributed by atoms with E-state index in [1.165, 1.54) is 5.56 Å². The van der Waals surface area contributed by atoms with Gasteiger partial charge in [-0.15, -0.1) is 12.4 Å². The van der Waals surface area contributed by atoms with Crippen molar-refractivity contribution >= 4 is 24.0 Å². The molecule has 0 atom stereocenters. The SMILES string of the molecule is Cl.NC(=O)c1cccc(NCc2ccccc2)c1-c1ccccc1. The first kappa shape index (κ1) is 17.6. The molecule has 4 heteroatoms.